The van der Waals surface area contributed by atoms with E-state index >= 15 is 0 Å². The molecule has 2 aromatic carbocycles. The third-order valence-corrected chi connectivity index (χ3v) is 6.74. The second-order valence-electron chi connectivity index (χ2n) is 8.15. The number of H-pyrrole nitrogens is 1. The fourth-order valence-electron chi connectivity index (χ4n) is 4.94. The fourth-order valence-corrected chi connectivity index (χ4v) is 5.30. The fraction of sp³-hybridized carbons (Fsp3) is 0.304. The van der Waals surface area contributed by atoms with Crippen molar-refractivity contribution in [2.45, 2.75) is 25.8 Å². The highest BCUT2D eigenvalue weighted by atomic mass is 79.9. The third kappa shape index (κ3) is 2.26. The summed E-state index contributed by atoms with van der Waals surface area (Å²) in [5.74, 6) is -0.303. The number of benzene rings is 2. The molecule has 1 N–H and O–H groups in total. The maximum atomic E-state index is 13.9. The van der Waals surface area contributed by atoms with Crippen LogP contribution in [-0.2, 0) is 21.5 Å². The van der Waals surface area contributed by atoms with E-state index in [1.807, 2.05) is 50.2 Å². The Morgan fingerprint density at radius 1 is 1.21 bits per heavy atom. The van der Waals surface area contributed by atoms with Crippen LogP contribution >= 0.6 is 15.9 Å². The van der Waals surface area contributed by atoms with E-state index in [2.05, 4.69) is 27.0 Å². The van der Waals surface area contributed by atoms with Gasteiger partial charge in [-0.3, -0.25) is 9.59 Å². The summed E-state index contributed by atoms with van der Waals surface area (Å²) >= 11 is 3.57. The Bertz CT molecular complexity index is 1180. The number of aromatic amines is 1. The van der Waals surface area contributed by atoms with Crippen molar-refractivity contribution in [2.24, 2.45) is 5.92 Å². The van der Waals surface area contributed by atoms with Crippen LogP contribution in [0.3, 0.4) is 0 Å². The lowest BCUT2D eigenvalue weighted by Gasteiger charge is -2.44. The van der Waals surface area contributed by atoms with Crippen molar-refractivity contribution >= 4 is 44.3 Å². The summed E-state index contributed by atoms with van der Waals surface area (Å²) in [4.78, 5) is 34.3. The first-order valence-electron chi connectivity index (χ1n) is 9.87. The van der Waals surface area contributed by atoms with E-state index in [0.29, 0.717) is 6.54 Å². The molecule has 6 heteroatoms. The lowest BCUT2D eigenvalue weighted by atomic mass is 9.79. The molecule has 2 aliphatic rings. The average molecular weight is 452 g/mol. The summed E-state index contributed by atoms with van der Waals surface area (Å²) in [6.45, 7) is 4.29. The van der Waals surface area contributed by atoms with E-state index in [0.717, 1.165) is 44.3 Å². The molecule has 2 aliphatic heterocycles. The topological polar surface area (TPSA) is 56.4 Å². The number of aromatic nitrogens is 1. The molecule has 3 heterocycles. The van der Waals surface area contributed by atoms with Crippen LogP contribution in [0, 0.1) is 5.92 Å². The Kier molecular flexibility index (Phi) is 3.94. The Morgan fingerprint density at radius 3 is 2.72 bits per heavy atom. The number of hydrogen-bond acceptors (Lipinski definition) is 2. The molecule has 0 unspecified atom stereocenters. The van der Waals surface area contributed by atoms with Crippen molar-refractivity contribution in [3.8, 4) is 0 Å². The van der Waals surface area contributed by atoms with Gasteiger partial charge in [0.2, 0.25) is 5.91 Å². The lowest BCUT2D eigenvalue weighted by Crippen LogP contribution is -2.59. The normalized spacial score (nSPS) is 20.7. The molecule has 3 aromatic rings. The molecule has 0 bridgehead atoms. The largest absolute Gasteiger partial charge is 0.355 e. The zero-order valence-corrected chi connectivity index (χ0v) is 18.2. The molecule has 0 aliphatic carbocycles. The van der Waals surface area contributed by atoms with Gasteiger partial charge in [0.25, 0.3) is 5.91 Å². The number of hydrogen-bond donors (Lipinski definition) is 1. The van der Waals surface area contributed by atoms with Crippen LogP contribution in [0.25, 0.3) is 10.9 Å². The first-order valence-corrected chi connectivity index (χ1v) is 10.7. The minimum atomic E-state index is -1.16. The number of carbonyl (C=O) groups excluding carboxylic acids is 2. The van der Waals surface area contributed by atoms with E-state index in [9.17, 15) is 9.59 Å². The van der Waals surface area contributed by atoms with Crippen LogP contribution in [-0.4, -0.2) is 35.3 Å². The Morgan fingerprint density at radius 2 is 1.97 bits per heavy atom. The van der Waals surface area contributed by atoms with E-state index in [1.165, 1.54) is 0 Å². The van der Waals surface area contributed by atoms with E-state index in [4.69, 9.17) is 0 Å². The van der Waals surface area contributed by atoms with Gasteiger partial charge < -0.3 is 14.8 Å². The van der Waals surface area contributed by atoms with Gasteiger partial charge >= 0.3 is 0 Å². The predicted octanol–water partition coefficient (Wildman–Crippen LogP) is 4.19. The predicted molar refractivity (Wildman–Crippen MR) is 117 cm³/mol. The molecule has 0 saturated carbocycles. The summed E-state index contributed by atoms with van der Waals surface area (Å²) in [6, 6.07) is 14.0. The highest BCUT2D eigenvalue weighted by Crippen LogP contribution is 2.52. The molecule has 0 fully saturated rings. The Balaban J connectivity index is 1.90. The number of fused-ring (bicyclic) bond motifs is 6. The van der Waals surface area contributed by atoms with E-state index in [1.54, 1.807) is 16.8 Å². The van der Waals surface area contributed by atoms with Gasteiger partial charge in [-0.15, -0.1) is 0 Å². The van der Waals surface area contributed by atoms with Gasteiger partial charge in [-0.1, -0.05) is 48.0 Å². The third-order valence-electron chi connectivity index (χ3n) is 6.25. The molecule has 5 rings (SSSR count). The zero-order chi connectivity index (χ0) is 20.5. The smallest absolute Gasteiger partial charge is 0.263 e. The van der Waals surface area contributed by atoms with Gasteiger partial charge in [0.05, 0.1) is 5.69 Å². The molecule has 0 radical (unpaired) electrons. The number of nitrogens with zero attached hydrogens (tertiary/aromatic N) is 2. The van der Waals surface area contributed by atoms with E-state index in [-0.39, 0.29) is 17.7 Å². The van der Waals surface area contributed by atoms with Gasteiger partial charge in [0.1, 0.15) is 0 Å². The number of likely N-dealkylation sites (N-methyl/N-ethyl adjacent to an activating group) is 1. The number of amides is 2. The van der Waals surface area contributed by atoms with Crippen molar-refractivity contribution in [1.29, 1.82) is 0 Å². The van der Waals surface area contributed by atoms with Crippen LogP contribution in [0.1, 0.15) is 30.7 Å². The number of halogens is 1. The van der Waals surface area contributed by atoms with Gasteiger partial charge in [-0.2, -0.15) is 0 Å². The molecule has 0 saturated heterocycles. The van der Waals surface area contributed by atoms with Gasteiger partial charge in [0, 0.05) is 46.1 Å². The highest BCUT2D eigenvalue weighted by Gasteiger charge is 2.60. The molecule has 1 spiro atoms. The van der Waals surface area contributed by atoms with Gasteiger partial charge in [-0.25, -0.2) is 0 Å². The van der Waals surface area contributed by atoms with Crippen molar-refractivity contribution in [2.75, 3.05) is 18.5 Å². The maximum Gasteiger partial charge on any atom is 0.263 e. The first kappa shape index (κ1) is 18.4. The minimum absolute atomic E-state index is 0.0103. The lowest BCUT2D eigenvalue weighted by molar-refractivity contribution is -0.147. The quantitative estimate of drug-likeness (QED) is 0.602. The molecule has 2 amide bonds. The summed E-state index contributed by atoms with van der Waals surface area (Å²) < 4.78 is 0.888. The second-order valence-corrected chi connectivity index (χ2v) is 9.07. The van der Waals surface area contributed by atoms with Crippen molar-refractivity contribution < 1.29 is 9.59 Å². The molecule has 1 aromatic heterocycles. The SMILES string of the molecule is CC(C)C(=O)N1CCc2c([nH]c3ccccc23)[C@@]12C(=O)N(C)c1ccc(Br)cc12. The Hall–Kier alpha value is -2.60. The molecule has 148 valence electrons. The Labute approximate surface area is 177 Å². The number of para-hydroxylation sites is 1. The van der Waals surface area contributed by atoms with E-state index < -0.39 is 5.54 Å². The summed E-state index contributed by atoms with van der Waals surface area (Å²) in [7, 11) is 1.79. The standard InChI is InChI=1S/C23H22BrN3O2/c1-13(2)21(28)27-11-10-16-15-6-4-5-7-18(15)25-20(16)23(27)17-12-14(24)8-9-19(17)26(3)22(23)29/h4-9,12-13,25H,10-11H2,1-3H3/t23-/m0/s1. The monoisotopic (exact) mass is 451 g/mol. The summed E-state index contributed by atoms with van der Waals surface area (Å²) in [5.41, 5.74) is 3.47. The van der Waals surface area contributed by atoms with Crippen molar-refractivity contribution in [1.82, 2.24) is 9.88 Å². The summed E-state index contributed by atoms with van der Waals surface area (Å²) in [5, 5.41) is 1.12. The summed E-state index contributed by atoms with van der Waals surface area (Å²) in [6.07, 6.45) is 0.722. The molecular formula is C23H22BrN3O2. The van der Waals surface area contributed by atoms with Crippen molar-refractivity contribution in [3.05, 3.63) is 63.8 Å². The second kappa shape index (κ2) is 6.20. The van der Waals surface area contributed by atoms with Crippen molar-refractivity contribution in [3.63, 3.8) is 0 Å². The average Bonchev–Trinajstić information content (AvgIpc) is 3.18. The van der Waals surface area contributed by atoms with Crippen LogP contribution in [0.15, 0.2) is 46.9 Å². The van der Waals surface area contributed by atoms with Crippen LogP contribution < -0.4 is 4.90 Å². The highest BCUT2D eigenvalue weighted by molar-refractivity contribution is 9.10. The minimum Gasteiger partial charge on any atom is -0.355 e. The van der Waals surface area contributed by atoms with Crippen LogP contribution in [0.4, 0.5) is 5.69 Å². The zero-order valence-electron chi connectivity index (χ0n) is 16.6. The number of nitrogens with one attached hydrogen (secondary N) is 1. The molecule has 5 nitrogen and oxygen atoms in total. The molecular weight excluding hydrogens is 430 g/mol. The molecule has 1 atom stereocenters. The number of rotatable bonds is 1. The maximum absolute atomic E-state index is 13.9. The van der Waals surface area contributed by atoms with Crippen LogP contribution in [0.2, 0.25) is 0 Å². The van der Waals surface area contributed by atoms with Gasteiger partial charge in [-0.05, 0) is 36.2 Å². The number of anilines is 1. The first-order chi connectivity index (χ1) is 13.9. The van der Waals surface area contributed by atoms with Crippen LogP contribution in [0.5, 0.6) is 0 Å². The molecule has 29 heavy (non-hydrogen) atoms. The van der Waals surface area contributed by atoms with Gasteiger partial charge in [0.15, 0.2) is 5.54 Å². The number of carbonyl (C=O) groups is 2.